The molecule has 100 valence electrons. The molecule has 1 saturated heterocycles. The van der Waals surface area contributed by atoms with Gasteiger partial charge in [-0.05, 0) is 45.3 Å². The van der Waals surface area contributed by atoms with Crippen LogP contribution in [0.4, 0.5) is 0 Å². The molecule has 0 aromatic heterocycles. The molecular weight excluding hydrogens is 212 g/mol. The standard InChI is InChI=1S/C14H28N2O/c1-2-14(17)15-10-6-3-4-7-11-16-12-8-5-9-13-16/h2-13H2,1H3,(H,15,17). The van der Waals surface area contributed by atoms with Crippen molar-refractivity contribution in [3.8, 4) is 0 Å². The lowest BCUT2D eigenvalue weighted by atomic mass is 10.1. The maximum Gasteiger partial charge on any atom is 0.219 e. The second-order valence-corrected chi connectivity index (χ2v) is 5.02. The molecule has 0 atom stereocenters. The highest BCUT2D eigenvalue weighted by molar-refractivity contribution is 5.75. The molecule has 0 bridgehead atoms. The fourth-order valence-electron chi connectivity index (χ4n) is 2.35. The Balaban J connectivity index is 1.82. The number of nitrogens with zero attached hydrogens (tertiary/aromatic N) is 1. The van der Waals surface area contributed by atoms with Gasteiger partial charge in [0.05, 0.1) is 0 Å². The molecule has 17 heavy (non-hydrogen) atoms. The van der Waals surface area contributed by atoms with Crippen molar-refractivity contribution in [1.82, 2.24) is 10.2 Å². The summed E-state index contributed by atoms with van der Waals surface area (Å²) in [6.07, 6.45) is 9.82. The molecule has 1 amide bonds. The van der Waals surface area contributed by atoms with E-state index in [-0.39, 0.29) is 5.91 Å². The van der Waals surface area contributed by atoms with Crippen LogP contribution in [-0.4, -0.2) is 37.0 Å². The summed E-state index contributed by atoms with van der Waals surface area (Å²) in [6.45, 7) is 6.66. The summed E-state index contributed by atoms with van der Waals surface area (Å²) in [5, 5.41) is 2.92. The van der Waals surface area contributed by atoms with Crippen LogP contribution in [-0.2, 0) is 4.79 Å². The lowest BCUT2D eigenvalue weighted by Gasteiger charge is -2.26. The minimum atomic E-state index is 0.179. The van der Waals surface area contributed by atoms with E-state index in [2.05, 4.69) is 10.2 Å². The number of rotatable bonds is 8. The van der Waals surface area contributed by atoms with Gasteiger partial charge in [0.1, 0.15) is 0 Å². The van der Waals surface area contributed by atoms with Gasteiger partial charge in [0.15, 0.2) is 0 Å². The van der Waals surface area contributed by atoms with E-state index in [4.69, 9.17) is 0 Å². The van der Waals surface area contributed by atoms with E-state index in [1.807, 2.05) is 6.92 Å². The van der Waals surface area contributed by atoms with E-state index in [0.29, 0.717) is 6.42 Å². The fraction of sp³-hybridized carbons (Fsp3) is 0.929. The Bertz CT molecular complexity index is 200. The second kappa shape index (κ2) is 9.46. The zero-order valence-corrected chi connectivity index (χ0v) is 11.3. The molecule has 0 unspecified atom stereocenters. The van der Waals surface area contributed by atoms with Crippen LogP contribution >= 0.6 is 0 Å². The van der Waals surface area contributed by atoms with Crippen LogP contribution in [0.5, 0.6) is 0 Å². The SMILES string of the molecule is CCC(=O)NCCCCCCN1CCCCC1. The Hall–Kier alpha value is -0.570. The third kappa shape index (κ3) is 7.37. The monoisotopic (exact) mass is 240 g/mol. The topological polar surface area (TPSA) is 32.3 Å². The number of carbonyl (C=O) groups is 1. The minimum absolute atomic E-state index is 0.179. The number of hydrogen-bond donors (Lipinski definition) is 1. The number of hydrogen-bond acceptors (Lipinski definition) is 2. The minimum Gasteiger partial charge on any atom is -0.356 e. The van der Waals surface area contributed by atoms with Gasteiger partial charge in [0, 0.05) is 13.0 Å². The highest BCUT2D eigenvalue weighted by atomic mass is 16.1. The first-order chi connectivity index (χ1) is 8.33. The molecular formula is C14H28N2O. The molecule has 1 aliphatic heterocycles. The number of piperidine rings is 1. The number of nitrogens with one attached hydrogen (secondary N) is 1. The van der Waals surface area contributed by atoms with Crippen LogP contribution < -0.4 is 5.32 Å². The van der Waals surface area contributed by atoms with E-state index < -0.39 is 0 Å². The zero-order valence-electron chi connectivity index (χ0n) is 11.3. The highest BCUT2D eigenvalue weighted by Gasteiger charge is 2.08. The smallest absolute Gasteiger partial charge is 0.219 e. The lowest BCUT2D eigenvalue weighted by Crippen LogP contribution is -2.30. The molecule has 1 heterocycles. The van der Waals surface area contributed by atoms with Crippen molar-refractivity contribution in [2.75, 3.05) is 26.2 Å². The van der Waals surface area contributed by atoms with E-state index in [9.17, 15) is 4.79 Å². The number of likely N-dealkylation sites (tertiary alicyclic amines) is 1. The van der Waals surface area contributed by atoms with Gasteiger partial charge >= 0.3 is 0 Å². The van der Waals surface area contributed by atoms with Gasteiger partial charge in [-0.25, -0.2) is 0 Å². The van der Waals surface area contributed by atoms with Gasteiger partial charge in [-0.3, -0.25) is 4.79 Å². The third-order valence-electron chi connectivity index (χ3n) is 3.49. The van der Waals surface area contributed by atoms with Crippen LogP contribution in [0.15, 0.2) is 0 Å². The maximum absolute atomic E-state index is 11.0. The molecule has 0 saturated carbocycles. The second-order valence-electron chi connectivity index (χ2n) is 5.02. The first kappa shape index (κ1) is 14.5. The van der Waals surface area contributed by atoms with Crippen molar-refractivity contribution >= 4 is 5.91 Å². The van der Waals surface area contributed by atoms with Gasteiger partial charge < -0.3 is 10.2 Å². The molecule has 0 spiro atoms. The largest absolute Gasteiger partial charge is 0.356 e. The van der Waals surface area contributed by atoms with Crippen molar-refractivity contribution in [2.24, 2.45) is 0 Å². The molecule has 0 aromatic carbocycles. The van der Waals surface area contributed by atoms with Gasteiger partial charge in [-0.2, -0.15) is 0 Å². The fourth-order valence-corrected chi connectivity index (χ4v) is 2.35. The Morgan fingerprint density at radius 2 is 1.76 bits per heavy atom. The van der Waals surface area contributed by atoms with Gasteiger partial charge in [0.2, 0.25) is 5.91 Å². The van der Waals surface area contributed by atoms with Crippen LogP contribution in [0.1, 0.15) is 58.3 Å². The average Bonchev–Trinajstić information content (AvgIpc) is 2.38. The summed E-state index contributed by atoms with van der Waals surface area (Å²) in [7, 11) is 0. The number of unbranched alkanes of at least 4 members (excludes halogenated alkanes) is 3. The summed E-state index contributed by atoms with van der Waals surface area (Å²) in [5.41, 5.74) is 0. The van der Waals surface area contributed by atoms with Crippen molar-refractivity contribution < 1.29 is 4.79 Å². The molecule has 1 aliphatic rings. The molecule has 1 rings (SSSR count). The first-order valence-electron chi connectivity index (χ1n) is 7.32. The van der Waals surface area contributed by atoms with Gasteiger partial charge in [-0.15, -0.1) is 0 Å². The molecule has 0 aromatic rings. The summed E-state index contributed by atoms with van der Waals surface area (Å²) in [5.74, 6) is 0.179. The lowest BCUT2D eigenvalue weighted by molar-refractivity contribution is -0.120. The van der Waals surface area contributed by atoms with Crippen LogP contribution in [0.3, 0.4) is 0 Å². The Morgan fingerprint density at radius 1 is 1.06 bits per heavy atom. The quantitative estimate of drug-likeness (QED) is 0.661. The molecule has 0 radical (unpaired) electrons. The van der Waals surface area contributed by atoms with Crippen molar-refractivity contribution in [3.05, 3.63) is 0 Å². The molecule has 0 aliphatic carbocycles. The maximum atomic E-state index is 11.0. The van der Waals surface area contributed by atoms with Crippen molar-refractivity contribution in [2.45, 2.75) is 58.3 Å². The average molecular weight is 240 g/mol. The summed E-state index contributed by atoms with van der Waals surface area (Å²) in [6, 6.07) is 0. The molecule has 1 N–H and O–H groups in total. The Morgan fingerprint density at radius 3 is 2.47 bits per heavy atom. The Kier molecular flexibility index (Phi) is 8.06. The summed E-state index contributed by atoms with van der Waals surface area (Å²) >= 11 is 0. The normalized spacial score (nSPS) is 17.0. The van der Waals surface area contributed by atoms with E-state index in [0.717, 1.165) is 13.0 Å². The van der Waals surface area contributed by atoms with Gasteiger partial charge in [-0.1, -0.05) is 26.2 Å². The zero-order chi connectivity index (χ0) is 12.3. The molecule has 3 nitrogen and oxygen atoms in total. The molecule has 3 heteroatoms. The first-order valence-corrected chi connectivity index (χ1v) is 7.32. The number of amides is 1. The van der Waals surface area contributed by atoms with E-state index in [1.165, 1.54) is 58.2 Å². The predicted molar refractivity (Wildman–Crippen MR) is 72.1 cm³/mol. The third-order valence-corrected chi connectivity index (χ3v) is 3.49. The Labute approximate surface area is 106 Å². The van der Waals surface area contributed by atoms with Crippen LogP contribution in [0.25, 0.3) is 0 Å². The predicted octanol–water partition coefficient (Wildman–Crippen LogP) is 2.56. The molecule has 1 fully saturated rings. The number of carbonyl (C=O) groups excluding carboxylic acids is 1. The van der Waals surface area contributed by atoms with E-state index >= 15 is 0 Å². The van der Waals surface area contributed by atoms with E-state index in [1.54, 1.807) is 0 Å². The van der Waals surface area contributed by atoms with Crippen molar-refractivity contribution in [1.29, 1.82) is 0 Å². The van der Waals surface area contributed by atoms with Gasteiger partial charge in [0.25, 0.3) is 0 Å². The highest BCUT2D eigenvalue weighted by Crippen LogP contribution is 2.10. The summed E-state index contributed by atoms with van der Waals surface area (Å²) in [4.78, 5) is 13.6. The van der Waals surface area contributed by atoms with Crippen LogP contribution in [0, 0.1) is 0 Å². The van der Waals surface area contributed by atoms with Crippen molar-refractivity contribution in [3.63, 3.8) is 0 Å². The summed E-state index contributed by atoms with van der Waals surface area (Å²) < 4.78 is 0. The van der Waals surface area contributed by atoms with Crippen LogP contribution in [0.2, 0.25) is 0 Å².